The van der Waals surface area contributed by atoms with Gasteiger partial charge in [0.2, 0.25) is 0 Å². The maximum Gasteiger partial charge on any atom is 0.103 e. The zero-order valence-corrected chi connectivity index (χ0v) is 26.9. The summed E-state index contributed by atoms with van der Waals surface area (Å²) < 4.78 is 0. The summed E-state index contributed by atoms with van der Waals surface area (Å²) in [7, 11) is 0. The highest BCUT2D eigenvalue weighted by molar-refractivity contribution is 6.35. The predicted octanol–water partition coefficient (Wildman–Crippen LogP) is 7.44. The molecule has 0 bridgehead atoms. The van der Waals surface area contributed by atoms with Crippen molar-refractivity contribution in [2.45, 2.75) is 51.6 Å². The number of anilines is 2. The lowest BCUT2D eigenvalue weighted by Crippen LogP contribution is -2.40. The number of nitriles is 1. The summed E-state index contributed by atoms with van der Waals surface area (Å²) in [6.45, 7) is 12.9. The SMILES string of the molecule is C=C(/C=C\C=C/C)[C@H](Nc1cc(Cl)c2ncc(C#N)c(N[C@H](CC)c3ccccc3)c2c1)C1=CN(CCCN2CCCC2)NN1. The molecule has 1 aromatic heterocycles. The standard InChI is InChI=1S/C36H43ClN8/c1-4-6-8-14-26(3)34(33-25-45(43-42-33)20-13-19-44-17-11-12-18-44)40-29-21-30-35(28(23-38)24-39-36(30)31(37)22-29)41-32(5-2)27-15-9-7-10-16-27/h4,6-10,14-16,21-22,24-25,32,34,40,42-43H,3,5,11-13,17-20H2,1-2H3,(H,39,41)/b6-4-,14-8-/t32-,34+/m1/s1. The van der Waals surface area contributed by atoms with Gasteiger partial charge < -0.3 is 21.0 Å². The molecule has 3 aromatic rings. The second-order valence-electron chi connectivity index (χ2n) is 11.5. The number of allylic oxidation sites excluding steroid dienone is 3. The zero-order valence-electron chi connectivity index (χ0n) is 26.2. The van der Waals surface area contributed by atoms with Crippen LogP contribution in [-0.4, -0.2) is 47.1 Å². The molecule has 2 aliphatic heterocycles. The van der Waals surface area contributed by atoms with Crippen molar-refractivity contribution in [2.75, 3.05) is 36.8 Å². The van der Waals surface area contributed by atoms with Crippen LogP contribution in [0.15, 0.2) is 97.0 Å². The van der Waals surface area contributed by atoms with Crippen molar-refractivity contribution in [3.8, 4) is 6.07 Å². The molecule has 4 N–H and O–H groups in total. The number of pyridine rings is 1. The molecular formula is C36H43ClN8. The van der Waals surface area contributed by atoms with Gasteiger partial charge in [-0.25, -0.2) is 0 Å². The van der Waals surface area contributed by atoms with Gasteiger partial charge >= 0.3 is 0 Å². The van der Waals surface area contributed by atoms with Gasteiger partial charge in [-0.1, -0.05) is 79.7 Å². The molecule has 0 radical (unpaired) electrons. The van der Waals surface area contributed by atoms with Crippen molar-refractivity contribution >= 4 is 33.9 Å². The fourth-order valence-electron chi connectivity index (χ4n) is 5.89. The van der Waals surface area contributed by atoms with E-state index in [2.05, 4.69) is 74.4 Å². The fraction of sp³-hybridized carbons (Fsp3) is 0.333. The van der Waals surface area contributed by atoms with E-state index < -0.39 is 0 Å². The molecule has 0 aliphatic carbocycles. The Hall–Kier alpha value is -4.29. The van der Waals surface area contributed by atoms with Crippen molar-refractivity contribution in [1.29, 1.82) is 5.26 Å². The molecule has 2 aromatic carbocycles. The van der Waals surface area contributed by atoms with Gasteiger partial charge in [0.05, 0.1) is 39.6 Å². The van der Waals surface area contributed by atoms with E-state index in [-0.39, 0.29) is 12.1 Å². The predicted molar refractivity (Wildman–Crippen MR) is 186 cm³/mol. The molecule has 0 unspecified atom stereocenters. The van der Waals surface area contributed by atoms with Crippen molar-refractivity contribution < 1.29 is 0 Å². The average Bonchev–Trinajstić information content (AvgIpc) is 3.76. The van der Waals surface area contributed by atoms with Crippen molar-refractivity contribution in [1.82, 2.24) is 25.9 Å². The Morgan fingerprint density at radius 2 is 1.96 bits per heavy atom. The Labute approximate surface area is 272 Å². The maximum atomic E-state index is 10.1. The number of nitrogens with one attached hydrogen (secondary N) is 4. The molecule has 0 amide bonds. The molecule has 3 heterocycles. The first-order chi connectivity index (χ1) is 22.0. The Kier molecular flexibility index (Phi) is 11.2. The minimum atomic E-state index is -0.271. The van der Waals surface area contributed by atoms with Gasteiger partial charge in [0, 0.05) is 30.0 Å². The van der Waals surface area contributed by atoms with Gasteiger partial charge in [0.15, 0.2) is 0 Å². The Morgan fingerprint density at radius 3 is 2.69 bits per heavy atom. The van der Waals surface area contributed by atoms with Gasteiger partial charge in [-0.3, -0.25) is 9.99 Å². The lowest BCUT2D eigenvalue weighted by molar-refractivity contribution is 0.243. The van der Waals surface area contributed by atoms with Gasteiger partial charge in [-0.15, -0.1) is 5.53 Å². The first-order valence-corrected chi connectivity index (χ1v) is 16.2. The van der Waals surface area contributed by atoms with Crippen molar-refractivity contribution in [2.24, 2.45) is 0 Å². The summed E-state index contributed by atoms with van der Waals surface area (Å²) in [5, 5.41) is 20.7. The summed E-state index contributed by atoms with van der Waals surface area (Å²) in [4.78, 5) is 7.10. The third kappa shape index (κ3) is 8.06. The maximum absolute atomic E-state index is 10.1. The summed E-state index contributed by atoms with van der Waals surface area (Å²) in [6, 6.07) is 16.2. The average molecular weight is 623 g/mol. The number of benzene rings is 2. The van der Waals surface area contributed by atoms with E-state index in [0.717, 1.165) is 59.5 Å². The number of rotatable bonds is 14. The molecule has 2 aliphatic rings. The van der Waals surface area contributed by atoms with Crippen molar-refractivity contribution in [3.05, 3.63) is 113 Å². The number of fused-ring (bicyclic) bond motifs is 1. The van der Waals surface area contributed by atoms with Crippen LogP contribution in [0.1, 0.15) is 56.7 Å². The summed E-state index contributed by atoms with van der Waals surface area (Å²) in [6.07, 6.45) is 16.2. The molecule has 1 fully saturated rings. The normalized spacial score (nSPS) is 16.6. The van der Waals surface area contributed by atoms with Crippen LogP contribution in [0.3, 0.4) is 0 Å². The van der Waals surface area contributed by atoms with E-state index in [1.54, 1.807) is 6.20 Å². The summed E-state index contributed by atoms with van der Waals surface area (Å²) in [5.74, 6) is 0. The van der Waals surface area contributed by atoms with Crippen LogP contribution < -0.4 is 21.6 Å². The quantitative estimate of drug-likeness (QED) is 0.138. The largest absolute Gasteiger partial charge is 0.377 e. The monoisotopic (exact) mass is 622 g/mol. The molecule has 5 rings (SSSR count). The van der Waals surface area contributed by atoms with E-state index in [4.69, 9.17) is 11.6 Å². The molecule has 0 spiro atoms. The Morgan fingerprint density at radius 1 is 1.16 bits per heavy atom. The minimum Gasteiger partial charge on any atom is -0.377 e. The zero-order chi connectivity index (χ0) is 31.6. The van der Waals surface area contributed by atoms with Crippen LogP contribution in [0.4, 0.5) is 11.4 Å². The Bertz CT molecular complexity index is 1600. The molecule has 0 saturated carbocycles. The molecule has 1 saturated heterocycles. The lowest BCUT2D eigenvalue weighted by atomic mass is 10.0. The first kappa shape index (κ1) is 32.1. The second-order valence-corrected chi connectivity index (χ2v) is 11.9. The summed E-state index contributed by atoms with van der Waals surface area (Å²) in [5.41, 5.74) is 12.2. The number of hydrogen-bond acceptors (Lipinski definition) is 8. The van der Waals surface area contributed by atoms with Gasteiger partial charge in [-0.2, -0.15) is 5.26 Å². The van der Waals surface area contributed by atoms with Crippen LogP contribution >= 0.6 is 11.6 Å². The molecule has 234 valence electrons. The third-order valence-corrected chi connectivity index (χ3v) is 8.58. The number of aromatic nitrogens is 1. The van der Waals surface area contributed by atoms with Crippen molar-refractivity contribution in [3.63, 3.8) is 0 Å². The number of hydrogen-bond donors (Lipinski definition) is 4. The summed E-state index contributed by atoms with van der Waals surface area (Å²) >= 11 is 6.86. The van der Waals surface area contributed by atoms with Crippen LogP contribution in [-0.2, 0) is 0 Å². The highest BCUT2D eigenvalue weighted by atomic mass is 35.5. The van der Waals surface area contributed by atoms with E-state index in [1.165, 1.54) is 25.9 Å². The first-order valence-electron chi connectivity index (χ1n) is 15.8. The van der Waals surface area contributed by atoms with Gasteiger partial charge in [0.25, 0.3) is 0 Å². The smallest absolute Gasteiger partial charge is 0.103 e. The van der Waals surface area contributed by atoms with Gasteiger partial charge in [0.1, 0.15) is 6.07 Å². The highest BCUT2D eigenvalue weighted by Crippen LogP contribution is 2.36. The van der Waals surface area contributed by atoms with Crippen LogP contribution in [0.5, 0.6) is 0 Å². The topological polar surface area (TPSA) is 91.3 Å². The minimum absolute atomic E-state index is 0.0129. The number of hydrazine groups is 2. The van der Waals surface area contributed by atoms with E-state index in [1.807, 2.05) is 61.6 Å². The van der Waals surface area contributed by atoms with Gasteiger partial charge in [-0.05, 0) is 75.5 Å². The number of nitrogens with zero attached hydrogens (tertiary/aromatic N) is 4. The van der Waals surface area contributed by atoms with E-state index >= 15 is 0 Å². The number of likely N-dealkylation sites (tertiary alicyclic amines) is 1. The van der Waals surface area contributed by atoms with E-state index in [0.29, 0.717) is 16.1 Å². The van der Waals surface area contributed by atoms with E-state index in [9.17, 15) is 5.26 Å². The molecule has 45 heavy (non-hydrogen) atoms. The molecular weight excluding hydrogens is 580 g/mol. The molecule has 9 heteroatoms. The lowest BCUT2D eigenvalue weighted by Gasteiger charge is -2.24. The third-order valence-electron chi connectivity index (χ3n) is 8.29. The molecule has 2 atom stereocenters. The Balaban J connectivity index is 1.44. The van der Waals surface area contributed by atoms with Crippen LogP contribution in [0, 0.1) is 11.3 Å². The second kappa shape index (κ2) is 15.6. The van der Waals surface area contributed by atoms with Crippen LogP contribution in [0.2, 0.25) is 5.02 Å². The number of halogens is 1. The molecule has 8 nitrogen and oxygen atoms in total. The fourth-order valence-corrected chi connectivity index (χ4v) is 6.16. The van der Waals surface area contributed by atoms with Crippen LogP contribution in [0.25, 0.3) is 10.9 Å². The highest BCUT2D eigenvalue weighted by Gasteiger charge is 2.24.